The van der Waals surface area contributed by atoms with E-state index in [1.165, 1.54) is 9.37 Å². The van der Waals surface area contributed by atoms with Crippen LogP contribution in [0.25, 0.3) is 0 Å². The maximum Gasteiger partial charge on any atom is 0.116 e. The number of aromatic hydroxyl groups is 1. The van der Waals surface area contributed by atoms with Crippen molar-refractivity contribution in [3.63, 3.8) is 0 Å². The fourth-order valence-electron chi connectivity index (χ4n) is 1.54. The Bertz CT molecular complexity index is 480. The molecule has 0 amide bonds. The zero-order chi connectivity index (χ0) is 16.5. The zero-order valence-electron chi connectivity index (χ0n) is 14.9. The zero-order valence-corrected chi connectivity index (χ0v) is 17.9. The van der Waals surface area contributed by atoms with Crippen LogP contribution in [0.3, 0.4) is 0 Å². The van der Waals surface area contributed by atoms with Gasteiger partial charge in [0.1, 0.15) is 5.75 Å². The molecule has 1 aromatic carbocycles. The summed E-state index contributed by atoms with van der Waals surface area (Å²) in [5, 5.41) is 9.36. The van der Waals surface area contributed by atoms with Crippen molar-refractivity contribution in [2.45, 2.75) is 53.4 Å². The van der Waals surface area contributed by atoms with Crippen molar-refractivity contribution >= 4 is 3.81 Å². The van der Waals surface area contributed by atoms with Crippen molar-refractivity contribution in [2.75, 3.05) is 0 Å². The topological polar surface area (TPSA) is 20.2 Å². The minimum Gasteiger partial charge on any atom is -1.00 e. The van der Waals surface area contributed by atoms with Crippen molar-refractivity contribution in [2.24, 2.45) is 0 Å². The molecule has 1 aliphatic rings. The minimum absolute atomic E-state index is 0. The van der Waals surface area contributed by atoms with Crippen molar-refractivity contribution in [3.05, 3.63) is 53.6 Å². The van der Waals surface area contributed by atoms with E-state index in [-0.39, 0.29) is 30.2 Å². The maximum atomic E-state index is 9.36. The molecule has 1 aliphatic carbocycles. The molecule has 0 aliphatic heterocycles. The second-order valence-electron chi connectivity index (χ2n) is 6.31. The normalized spacial score (nSPS) is 11.1. The third-order valence-corrected chi connectivity index (χ3v) is 2.51. The molecule has 23 heavy (non-hydrogen) atoms. The van der Waals surface area contributed by atoms with Gasteiger partial charge >= 0.3 is 37.6 Å². The Morgan fingerprint density at radius 2 is 1.65 bits per heavy atom. The number of aryl methyl sites for hydroxylation is 1. The average molecular weight is 390 g/mol. The Balaban J connectivity index is -0.000000305. The molecule has 1 nitrogen and oxygen atoms in total. The van der Waals surface area contributed by atoms with E-state index in [1.54, 1.807) is 6.07 Å². The monoisotopic (exact) mass is 389 g/mol. The molecule has 0 bridgehead atoms. The van der Waals surface area contributed by atoms with Gasteiger partial charge in [-0.25, -0.2) is 12.2 Å². The SMILES string of the molecule is C[C](C)=[Ti+].Cc1cc(O)cc(C(C)(C)C)c1.[C-]1=CC=CC1.[Cl-].[Cl-]. The minimum atomic E-state index is 0. The number of hydrogen-bond acceptors (Lipinski definition) is 1. The van der Waals surface area contributed by atoms with E-state index in [9.17, 15) is 5.11 Å². The summed E-state index contributed by atoms with van der Waals surface area (Å²) in [5.74, 6) is 0.361. The second kappa shape index (κ2) is 14.0. The summed E-state index contributed by atoms with van der Waals surface area (Å²) in [7, 11) is 0. The van der Waals surface area contributed by atoms with E-state index in [4.69, 9.17) is 0 Å². The predicted molar refractivity (Wildman–Crippen MR) is 89.5 cm³/mol. The van der Waals surface area contributed by atoms with E-state index in [2.05, 4.69) is 72.8 Å². The van der Waals surface area contributed by atoms with Gasteiger partial charge in [0.25, 0.3) is 0 Å². The Labute approximate surface area is 166 Å². The predicted octanol–water partition coefficient (Wildman–Crippen LogP) is -0.943. The van der Waals surface area contributed by atoms with Gasteiger partial charge in [0, 0.05) is 0 Å². The molecule has 2 rings (SSSR count). The van der Waals surface area contributed by atoms with Crippen LogP contribution in [0.1, 0.15) is 52.2 Å². The number of rotatable bonds is 0. The van der Waals surface area contributed by atoms with E-state index >= 15 is 0 Å². The van der Waals surface area contributed by atoms with Gasteiger partial charge in [-0.15, -0.1) is 6.42 Å². The second-order valence-corrected chi connectivity index (χ2v) is 7.87. The molecule has 0 atom stereocenters. The van der Waals surface area contributed by atoms with Crippen LogP contribution >= 0.6 is 0 Å². The molecule has 1 aromatic rings. The van der Waals surface area contributed by atoms with Gasteiger partial charge in [-0.1, -0.05) is 26.8 Å². The fourth-order valence-corrected chi connectivity index (χ4v) is 1.54. The molecule has 0 fully saturated rings. The summed E-state index contributed by atoms with van der Waals surface area (Å²) in [5.41, 5.74) is 2.41. The first-order valence-electron chi connectivity index (χ1n) is 7.17. The first-order chi connectivity index (χ1) is 9.62. The van der Waals surface area contributed by atoms with Crippen LogP contribution in [0, 0.1) is 13.0 Å². The average Bonchev–Trinajstić information content (AvgIpc) is 2.83. The Morgan fingerprint density at radius 3 is 1.91 bits per heavy atom. The summed E-state index contributed by atoms with van der Waals surface area (Å²) >= 11 is 2.08. The van der Waals surface area contributed by atoms with Crippen LogP contribution in [-0.4, -0.2) is 8.92 Å². The van der Waals surface area contributed by atoms with Crippen LogP contribution < -0.4 is 24.8 Å². The van der Waals surface area contributed by atoms with Crippen molar-refractivity contribution in [3.8, 4) is 5.75 Å². The number of halogens is 2. The first kappa shape index (κ1) is 27.5. The summed E-state index contributed by atoms with van der Waals surface area (Å²) in [6.45, 7) is 12.6. The van der Waals surface area contributed by atoms with Gasteiger partial charge < -0.3 is 29.9 Å². The van der Waals surface area contributed by atoms with Gasteiger partial charge in [-0.05, 0) is 35.6 Å². The van der Waals surface area contributed by atoms with Crippen LogP contribution in [0.15, 0.2) is 36.4 Å². The molecule has 0 saturated heterocycles. The first-order valence-corrected chi connectivity index (χ1v) is 7.95. The van der Waals surface area contributed by atoms with Gasteiger partial charge in [-0.2, -0.15) is 6.08 Å². The van der Waals surface area contributed by atoms with Crippen LogP contribution in [0.2, 0.25) is 0 Å². The van der Waals surface area contributed by atoms with E-state index in [0.29, 0.717) is 5.75 Å². The molecule has 0 unspecified atom stereocenters. The van der Waals surface area contributed by atoms with Crippen LogP contribution in [0.5, 0.6) is 5.75 Å². The van der Waals surface area contributed by atoms with Gasteiger partial charge in [0.15, 0.2) is 0 Å². The Morgan fingerprint density at radius 1 is 1.13 bits per heavy atom. The summed E-state index contributed by atoms with van der Waals surface area (Å²) in [6, 6.07) is 5.71. The smallest absolute Gasteiger partial charge is 0.116 e. The van der Waals surface area contributed by atoms with Crippen molar-refractivity contribution in [1.82, 2.24) is 0 Å². The largest absolute Gasteiger partial charge is 1.00 e. The van der Waals surface area contributed by atoms with Gasteiger partial charge in [0.2, 0.25) is 0 Å². The number of hydrogen-bond donors (Lipinski definition) is 1. The van der Waals surface area contributed by atoms with Crippen molar-refractivity contribution in [1.29, 1.82) is 0 Å². The van der Waals surface area contributed by atoms with Gasteiger partial charge in [-0.3, -0.25) is 6.08 Å². The molecule has 129 valence electrons. The number of allylic oxidation sites excluding steroid dienone is 4. The molecular formula is C19H27Cl2OTi-2. The van der Waals surface area contributed by atoms with E-state index in [1.807, 2.05) is 25.1 Å². The standard InChI is InChI=1S/C11H16O.C5H5.C3H6.2ClH.Ti/c1-8-5-9(11(2,3)4)7-10(12)6-8;1-2-4-5-3-1;1-3-2;;;/h5-7,12H,1-4H3;1-3H,4H2;1-2H3;2*1H;/q;-1;;;;+1/p-2. The molecule has 1 N–H and O–H groups in total. The molecule has 0 radical (unpaired) electrons. The van der Waals surface area contributed by atoms with Crippen LogP contribution in [-0.2, 0) is 25.4 Å². The summed E-state index contributed by atoms with van der Waals surface area (Å²) < 4.78 is 1.42. The molecule has 0 aromatic heterocycles. The molecule has 4 heteroatoms. The summed E-state index contributed by atoms with van der Waals surface area (Å²) in [4.78, 5) is 0. The molecular weight excluding hydrogens is 363 g/mol. The number of phenolic OH excluding ortho intramolecular Hbond substituents is 1. The third kappa shape index (κ3) is 16.3. The van der Waals surface area contributed by atoms with Gasteiger partial charge in [0.05, 0.1) is 0 Å². The molecule has 0 saturated carbocycles. The van der Waals surface area contributed by atoms with E-state index in [0.717, 1.165) is 12.0 Å². The molecule has 0 heterocycles. The quantitative estimate of drug-likeness (QED) is 0.448. The fraction of sp³-hybridized carbons (Fsp3) is 0.421. The molecule has 0 spiro atoms. The van der Waals surface area contributed by atoms with E-state index < -0.39 is 0 Å². The Hall–Kier alpha value is -0.336. The summed E-state index contributed by atoms with van der Waals surface area (Å²) in [6.07, 6.45) is 10.0. The van der Waals surface area contributed by atoms with Crippen LogP contribution in [0.4, 0.5) is 0 Å². The Kier molecular flexibility index (Phi) is 16.8. The maximum absolute atomic E-state index is 9.36. The number of benzene rings is 1. The number of phenols is 1. The third-order valence-electron chi connectivity index (χ3n) is 2.51. The van der Waals surface area contributed by atoms with Crippen molar-refractivity contribution < 1.29 is 49.9 Å².